The Morgan fingerprint density at radius 3 is 2.56 bits per heavy atom. The lowest BCUT2D eigenvalue weighted by Crippen LogP contribution is -2.58. The summed E-state index contributed by atoms with van der Waals surface area (Å²) < 4.78 is 5.39. The number of piperidine rings is 1. The molecule has 1 fully saturated rings. The van der Waals surface area contributed by atoms with E-state index in [2.05, 4.69) is 27.7 Å². The van der Waals surface area contributed by atoms with Gasteiger partial charge in [0.1, 0.15) is 11.3 Å². The van der Waals surface area contributed by atoms with Crippen molar-refractivity contribution in [3.63, 3.8) is 0 Å². The lowest BCUT2D eigenvalue weighted by molar-refractivity contribution is -0.122. The molecular weight excluding hydrogens is 338 g/mol. The smallest absolute Gasteiger partial charge is 0.250 e. The van der Waals surface area contributed by atoms with Gasteiger partial charge in [0.15, 0.2) is 0 Å². The van der Waals surface area contributed by atoms with E-state index in [1.54, 1.807) is 7.11 Å². The number of para-hydroxylation sites is 3. The Hall–Kier alpha value is -2.79. The van der Waals surface area contributed by atoms with Gasteiger partial charge in [-0.15, -0.1) is 0 Å². The summed E-state index contributed by atoms with van der Waals surface area (Å²) in [5.41, 5.74) is 2.48. The Balaban J connectivity index is 1.37. The van der Waals surface area contributed by atoms with Gasteiger partial charge in [-0.05, 0) is 31.0 Å². The summed E-state index contributed by atoms with van der Waals surface area (Å²) >= 11 is 0. The van der Waals surface area contributed by atoms with Crippen LogP contribution in [0.1, 0.15) is 18.4 Å². The second kappa shape index (κ2) is 7.45. The van der Waals surface area contributed by atoms with Crippen LogP contribution in [0.15, 0.2) is 54.6 Å². The highest BCUT2D eigenvalue weighted by Crippen LogP contribution is 2.36. The van der Waals surface area contributed by atoms with E-state index in [9.17, 15) is 4.79 Å². The third-order valence-corrected chi connectivity index (χ3v) is 5.49. The number of hydrogen-bond donors (Lipinski definition) is 2. The van der Waals surface area contributed by atoms with Crippen LogP contribution in [0.2, 0.25) is 0 Å². The molecule has 5 nitrogen and oxygen atoms in total. The number of amides is 1. The number of nitrogens with zero attached hydrogens (tertiary/aromatic N) is 1. The maximum atomic E-state index is 12.7. The Morgan fingerprint density at radius 1 is 1.07 bits per heavy atom. The molecule has 1 saturated heterocycles. The number of benzene rings is 2. The van der Waals surface area contributed by atoms with Crippen molar-refractivity contribution in [1.82, 2.24) is 4.90 Å². The van der Waals surface area contributed by atoms with Crippen molar-refractivity contribution in [1.29, 1.82) is 0 Å². The first-order chi connectivity index (χ1) is 13.2. The minimum atomic E-state index is -0.489. The standard InChI is InChI=1S/C22H25N3O2/c1-27-20-11-5-2-7-17(20)8-6-14-25-15-12-22(13-16-25)21(26)23-18-9-3-4-10-19(18)24-22/h2-11,24H,12-16H2,1H3,(H,23,26)/b8-6+. The fourth-order valence-corrected chi connectivity index (χ4v) is 3.86. The number of ether oxygens (including phenoxy) is 1. The molecule has 1 amide bonds. The second-order valence-corrected chi connectivity index (χ2v) is 7.15. The highest BCUT2D eigenvalue weighted by molar-refractivity contribution is 6.06. The van der Waals surface area contributed by atoms with Crippen LogP contribution in [-0.2, 0) is 4.79 Å². The molecule has 4 rings (SSSR count). The molecule has 0 atom stereocenters. The van der Waals surface area contributed by atoms with Crippen molar-refractivity contribution in [2.45, 2.75) is 18.4 Å². The molecule has 0 bridgehead atoms. The highest BCUT2D eigenvalue weighted by atomic mass is 16.5. The SMILES string of the molecule is COc1ccccc1/C=C/CN1CCC2(CC1)Nc1ccccc1NC2=O. The largest absolute Gasteiger partial charge is 0.496 e. The van der Waals surface area contributed by atoms with Gasteiger partial charge in [0.05, 0.1) is 18.5 Å². The van der Waals surface area contributed by atoms with Crippen LogP contribution in [0, 0.1) is 0 Å². The first-order valence-electron chi connectivity index (χ1n) is 9.41. The van der Waals surface area contributed by atoms with Crippen LogP contribution >= 0.6 is 0 Å². The number of nitrogens with one attached hydrogen (secondary N) is 2. The van der Waals surface area contributed by atoms with E-state index in [4.69, 9.17) is 4.74 Å². The molecule has 0 unspecified atom stereocenters. The van der Waals surface area contributed by atoms with Crippen molar-refractivity contribution < 1.29 is 9.53 Å². The zero-order chi connectivity index (χ0) is 18.7. The molecule has 2 aliphatic heterocycles. The predicted molar refractivity (Wildman–Crippen MR) is 109 cm³/mol. The zero-order valence-corrected chi connectivity index (χ0v) is 15.6. The van der Waals surface area contributed by atoms with Crippen molar-refractivity contribution in [3.8, 4) is 5.75 Å². The number of methoxy groups -OCH3 is 1. The lowest BCUT2D eigenvalue weighted by Gasteiger charge is -2.44. The number of rotatable bonds is 4. The molecule has 2 N–H and O–H groups in total. The van der Waals surface area contributed by atoms with E-state index in [0.29, 0.717) is 0 Å². The maximum Gasteiger partial charge on any atom is 0.250 e. The molecule has 1 spiro atoms. The molecule has 2 heterocycles. The number of hydrogen-bond acceptors (Lipinski definition) is 4. The first kappa shape index (κ1) is 17.6. The molecule has 2 aliphatic rings. The van der Waals surface area contributed by atoms with E-state index >= 15 is 0 Å². The predicted octanol–water partition coefficient (Wildman–Crippen LogP) is 3.61. The summed E-state index contributed by atoms with van der Waals surface area (Å²) in [5.74, 6) is 0.971. The quantitative estimate of drug-likeness (QED) is 0.871. The fourth-order valence-electron chi connectivity index (χ4n) is 3.86. The zero-order valence-electron chi connectivity index (χ0n) is 15.6. The van der Waals surface area contributed by atoms with E-state index in [-0.39, 0.29) is 5.91 Å². The topological polar surface area (TPSA) is 53.6 Å². The van der Waals surface area contributed by atoms with Crippen molar-refractivity contribution in [3.05, 3.63) is 60.2 Å². The normalized spacial score (nSPS) is 18.8. The van der Waals surface area contributed by atoms with E-state index in [1.807, 2.05) is 48.5 Å². The molecular formula is C22H25N3O2. The average molecular weight is 363 g/mol. The van der Waals surface area contributed by atoms with Crippen LogP contribution in [0.4, 0.5) is 11.4 Å². The minimum absolute atomic E-state index is 0.0883. The summed E-state index contributed by atoms with van der Waals surface area (Å²) in [6, 6.07) is 15.9. The second-order valence-electron chi connectivity index (χ2n) is 7.15. The lowest BCUT2D eigenvalue weighted by atomic mass is 9.84. The van der Waals surface area contributed by atoms with Gasteiger partial charge in [-0.3, -0.25) is 9.69 Å². The molecule has 27 heavy (non-hydrogen) atoms. The minimum Gasteiger partial charge on any atom is -0.496 e. The number of fused-ring (bicyclic) bond motifs is 1. The van der Waals surface area contributed by atoms with E-state index < -0.39 is 5.54 Å². The number of anilines is 2. The van der Waals surface area contributed by atoms with Gasteiger partial charge in [0.2, 0.25) is 5.91 Å². The Bertz CT molecular complexity index is 854. The Morgan fingerprint density at radius 2 is 1.78 bits per heavy atom. The summed E-state index contributed by atoms with van der Waals surface area (Å²) in [6.45, 7) is 2.64. The maximum absolute atomic E-state index is 12.7. The molecule has 2 aromatic rings. The van der Waals surface area contributed by atoms with Gasteiger partial charge in [-0.1, -0.05) is 42.5 Å². The van der Waals surface area contributed by atoms with Crippen LogP contribution in [0.5, 0.6) is 5.75 Å². The van der Waals surface area contributed by atoms with E-state index in [1.165, 1.54) is 0 Å². The van der Waals surface area contributed by atoms with Crippen LogP contribution in [0.3, 0.4) is 0 Å². The number of carbonyl (C=O) groups excluding carboxylic acids is 1. The van der Waals surface area contributed by atoms with Crippen molar-refractivity contribution in [2.24, 2.45) is 0 Å². The molecule has 0 radical (unpaired) electrons. The molecule has 5 heteroatoms. The molecule has 0 aliphatic carbocycles. The fraction of sp³-hybridized carbons (Fsp3) is 0.318. The third kappa shape index (κ3) is 3.55. The molecule has 140 valence electrons. The third-order valence-electron chi connectivity index (χ3n) is 5.49. The van der Waals surface area contributed by atoms with Gasteiger partial charge in [-0.2, -0.15) is 0 Å². The van der Waals surface area contributed by atoms with Crippen LogP contribution in [-0.4, -0.2) is 43.1 Å². The molecule has 0 aromatic heterocycles. The van der Waals surface area contributed by atoms with Crippen LogP contribution < -0.4 is 15.4 Å². The van der Waals surface area contributed by atoms with Gasteiger partial charge in [0.25, 0.3) is 0 Å². The van der Waals surface area contributed by atoms with E-state index in [0.717, 1.165) is 55.2 Å². The van der Waals surface area contributed by atoms with Gasteiger partial charge in [-0.25, -0.2) is 0 Å². The van der Waals surface area contributed by atoms with Gasteiger partial charge >= 0.3 is 0 Å². The van der Waals surface area contributed by atoms with Gasteiger partial charge < -0.3 is 15.4 Å². The summed E-state index contributed by atoms with van der Waals surface area (Å²) in [7, 11) is 1.69. The Kier molecular flexibility index (Phi) is 4.86. The summed E-state index contributed by atoms with van der Waals surface area (Å²) in [6.07, 6.45) is 5.87. The highest BCUT2D eigenvalue weighted by Gasteiger charge is 2.43. The van der Waals surface area contributed by atoms with Crippen LogP contribution in [0.25, 0.3) is 6.08 Å². The monoisotopic (exact) mass is 363 g/mol. The average Bonchev–Trinajstić information content (AvgIpc) is 2.71. The van der Waals surface area contributed by atoms with Crippen molar-refractivity contribution >= 4 is 23.4 Å². The molecule has 0 saturated carbocycles. The van der Waals surface area contributed by atoms with Gasteiger partial charge in [0, 0.05) is 25.2 Å². The number of likely N-dealkylation sites (tertiary alicyclic amines) is 1. The van der Waals surface area contributed by atoms with Crippen molar-refractivity contribution in [2.75, 3.05) is 37.4 Å². The molecule has 2 aromatic carbocycles. The summed E-state index contributed by atoms with van der Waals surface area (Å²) in [5, 5.41) is 6.57. The first-order valence-corrected chi connectivity index (χ1v) is 9.41. The number of carbonyl (C=O) groups is 1. The summed E-state index contributed by atoms with van der Waals surface area (Å²) in [4.78, 5) is 15.1. The Labute approximate surface area is 160 Å².